The zero-order chi connectivity index (χ0) is 16.4. The minimum atomic E-state index is -0.195. The number of methoxy groups -OCH3 is 1. The standard InChI is InChI=1S/C17H13BrN2O2S/c1-22-13-7-4-6-12(10-13)20-16(21)15(19-17(20)23)9-11-5-2-3-8-14(11)18/h2-10H,1H3,(H,19,23). The molecule has 1 heterocycles. The predicted octanol–water partition coefficient (Wildman–Crippen LogP) is 3.72. The van der Waals surface area contributed by atoms with Crippen LogP contribution in [0.5, 0.6) is 5.75 Å². The molecule has 0 atom stereocenters. The number of nitrogens with one attached hydrogen (secondary N) is 1. The molecule has 0 radical (unpaired) electrons. The molecule has 1 amide bonds. The summed E-state index contributed by atoms with van der Waals surface area (Å²) in [6.07, 6.45) is 1.78. The largest absolute Gasteiger partial charge is 0.497 e. The van der Waals surface area contributed by atoms with Gasteiger partial charge in [-0.25, -0.2) is 0 Å². The van der Waals surface area contributed by atoms with Gasteiger partial charge >= 0.3 is 0 Å². The zero-order valence-electron chi connectivity index (χ0n) is 12.2. The second-order valence-electron chi connectivity index (χ2n) is 4.85. The number of thiocarbonyl (C=S) groups is 1. The molecule has 1 aliphatic rings. The van der Waals surface area contributed by atoms with Crippen LogP contribution < -0.4 is 15.0 Å². The average molecular weight is 389 g/mol. The number of benzene rings is 2. The number of amides is 1. The lowest BCUT2D eigenvalue weighted by Gasteiger charge is -2.14. The van der Waals surface area contributed by atoms with Gasteiger partial charge in [0.2, 0.25) is 0 Å². The van der Waals surface area contributed by atoms with Crippen molar-refractivity contribution in [3.8, 4) is 5.75 Å². The molecule has 4 nitrogen and oxygen atoms in total. The lowest BCUT2D eigenvalue weighted by Crippen LogP contribution is -2.30. The Balaban J connectivity index is 1.95. The third-order valence-electron chi connectivity index (χ3n) is 3.39. The van der Waals surface area contributed by atoms with E-state index in [4.69, 9.17) is 17.0 Å². The fourth-order valence-electron chi connectivity index (χ4n) is 2.27. The smallest absolute Gasteiger partial charge is 0.281 e. The van der Waals surface area contributed by atoms with Gasteiger partial charge < -0.3 is 10.1 Å². The van der Waals surface area contributed by atoms with Crippen molar-refractivity contribution in [2.45, 2.75) is 0 Å². The molecule has 116 valence electrons. The summed E-state index contributed by atoms with van der Waals surface area (Å²) in [6, 6.07) is 14.9. The van der Waals surface area contributed by atoms with Crippen molar-refractivity contribution < 1.29 is 9.53 Å². The first-order valence-corrected chi connectivity index (χ1v) is 8.06. The van der Waals surface area contributed by atoms with Crippen LogP contribution in [0, 0.1) is 0 Å². The Bertz CT molecular complexity index is 820. The van der Waals surface area contributed by atoms with Crippen LogP contribution in [0.4, 0.5) is 5.69 Å². The van der Waals surface area contributed by atoms with Crippen molar-refractivity contribution in [1.29, 1.82) is 0 Å². The van der Waals surface area contributed by atoms with E-state index in [1.165, 1.54) is 4.90 Å². The SMILES string of the molecule is COc1cccc(N2C(=O)C(=Cc3ccccc3Br)NC2=S)c1. The number of hydrogen-bond acceptors (Lipinski definition) is 3. The fraction of sp³-hybridized carbons (Fsp3) is 0.0588. The van der Waals surface area contributed by atoms with E-state index in [9.17, 15) is 4.79 Å². The van der Waals surface area contributed by atoms with Crippen LogP contribution in [0.3, 0.4) is 0 Å². The Morgan fingerprint density at radius 2 is 2.00 bits per heavy atom. The number of carbonyl (C=O) groups excluding carboxylic acids is 1. The van der Waals surface area contributed by atoms with Gasteiger partial charge in [-0.15, -0.1) is 0 Å². The van der Waals surface area contributed by atoms with E-state index >= 15 is 0 Å². The van der Waals surface area contributed by atoms with E-state index in [-0.39, 0.29) is 5.91 Å². The number of carbonyl (C=O) groups is 1. The van der Waals surface area contributed by atoms with Crippen molar-refractivity contribution in [1.82, 2.24) is 5.32 Å². The van der Waals surface area contributed by atoms with Crippen LogP contribution in [0.15, 0.2) is 58.7 Å². The number of anilines is 1. The first-order chi connectivity index (χ1) is 11.1. The molecule has 0 aromatic heterocycles. The van der Waals surface area contributed by atoms with Crippen LogP contribution >= 0.6 is 28.1 Å². The molecule has 0 aliphatic carbocycles. The van der Waals surface area contributed by atoms with Gasteiger partial charge in [0.1, 0.15) is 11.4 Å². The molecule has 1 N–H and O–H groups in total. The molecule has 3 rings (SSSR count). The van der Waals surface area contributed by atoms with Crippen LogP contribution in [-0.4, -0.2) is 18.1 Å². The molecule has 2 aromatic rings. The van der Waals surface area contributed by atoms with E-state index in [1.54, 1.807) is 19.3 Å². The van der Waals surface area contributed by atoms with Gasteiger partial charge in [-0.2, -0.15) is 0 Å². The quantitative estimate of drug-likeness (QED) is 0.642. The summed E-state index contributed by atoms with van der Waals surface area (Å²) in [5.74, 6) is 0.473. The molecule has 0 spiro atoms. The van der Waals surface area contributed by atoms with Crippen molar-refractivity contribution in [2.75, 3.05) is 12.0 Å². The Morgan fingerprint density at radius 1 is 1.22 bits per heavy atom. The minimum absolute atomic E-state index is 0.195. The summed E-state index contributed by atoms with van der Waals surface area (Å²) in [4.78, 5) is 14.1. The summed E-state index contributed by atoms with van der Waals surface area (Å²) in [7, 11) is 1.58. The fourth-order valence-corrected chi connectivity index (χ4v) is 2.96. The molecule has 1 saturated heterocycles. The summed E-state index contributed by atoms with van der Waals surface area (Å²) in [5, 5.41) is 3.32. The highest BCUT2D eigenvalue weighted by molar-refractivity contribution is 9.10. The highest BCUT2D eigenvalue weighted by Gasteiger charge is 2.32. The molecule has 6 heteroatoms. The Morgan fingerprint density at radius 3 is 2.74 bits per heavy atom. The van der Waals surface area contributed by atoms with Crippen molar-refractivity contribution in [3.05, 3.63) is 64.3 Å². The molecular formula is C17H13BrN2O2S. The minimum Gasteiger partial charge on any atom is -0.497 e. The second kappa shape index (κ2) is 6.52. The third kappa shape index (κ3) is 3.13. The molecule has 1 fully saturated rings. The normalized spacial score (nSPS) is 15.9. The van der Waals surface area contributed by atoms with Crippen LogP contribution in [0.2, 0.25) is 0 Å². The second-order valence-corrected chi connectivity index (χ2v) is 6.09. The van der Waals surface area contributed by atoms with Gasteiger partial charge in [0.05, 0.1) is 12.8 Å². The molecule has 23 heavy (non-hydrogen) atoms. The lowest BCUT2D eigenvalue weighted by molar-refractivity contribution is -0.113. The van der Waals surface area contributed by atoms with Crippen LogP contribution in [-0.2, 0) is 4.79 Å². The lowest BCUT2D eigenvalue weighted by atomic mass is 10.2. The monoisotopic (exact) mass is 388 g/mol. The van der Waals surface area contributed by atoms with E-state index in [0.29, 0.717) is 22.2 Å². The molecule has 1 aliphatic heterocycles. The maximum absolute atomic E-state index is 12.7. The number of hydrogen-bond donors (Lipinski definition) is 1. The highest BCUT2D eigenvalue weighted by atomic mass is 79.9. The van der Waals surface area contributed by atoms with Crippen molar-refractivity contribution >= 4 is 50.9 Å². The molecule has 2 aromatic carbocycles. The van der Waals surface area contributed by atoms with Crippen molar-refractivity contribution in [3.63, 3.8) is 0 Å². The third-order valence-corrected chi connectivity index (χ3v) is 4.40. The highest BCUT2D eigenvalue weighted by Crippen LogP contribution is 2.27. The topological polar surface area (TPSA) is 41.6 Å². The average Bonchev–Trinajstić information content (AvgIpc) is 2.83. The van der Waals surface area contributed by atoms with Gasteiger partial charge in [-0.1, -0.05) is 40.2 Å². The maximum atomic E-state index is 12.7. The molecule has 0 bridgehead atoms. The number of nitrogens with zero attached hydrogens (tertiary/aromatic N) is 1. The predicted molar refractivity (Wildman–Crippen MR) is 98.3 cm³/mol. The summed E-state index contributed by atoms with van der Waals surface area (Å²) in [6.45, 7) is 0. The first kappa shape index (κ1) is 15.7. The number of rotatable bonds is 3. The molecular weight excluding hydrogens is 376 g/mol. The van der Waals surface area contributed by atoms with E-state index in [2.05, 4.69) is 21.2 Å². The zero-order valence-corrected chi connectivity index (χ0v) is 14.6. The maximum Gasteiger partial charge on any atom is 0.281 e. The Labute approximate surface area is 147 Å². The van der Waals surface area contributed by atoms with Gasteiger partial charge in [-0.3, -0.25) is 9.69 Å². The van der Waals surface area contributed by atoms with E-state index in [0.717, 1.165) is 10.0 Å². The van der Waals surface area contributed by atoms with E-state index < -0.39 is 0 Å². The summed E-state index contributed by atoms with van der Waals surface area (Å²) in [5.41, 5.74) is 2.01. The number of halogens is 1. The Kier molecular flexibility index (Phi) is 4.45. The Hall–Kier alpha value is -2.18. The molecule has 0 unspecified atom stereocenters. The van der Waals surface area contributed by atoms with Gasteiger partial charge in [0.25, 0.3) is 5.91 Å². The first-order valence-electron chi connectivity index (χ1n) is 6.86. The van der Waals surface area contributed by atoms with E-state index in [1.807, 2.05) is 42.5 Å². The summed E-state index contributed by atoms with van der Waals surface area (Å²) < 4.78 is 6.11. The molecule has 0 saturated carbocycles. The van der Waals surface area contributed by atoms with Crippen LogP contribution in [0.25, 0.3) is 6.08 Å². The number of ether oxygens (including phenoxy) is 1. The van der Waals surface area contributed by atoms with Gasteiger partial charge in [-0.05, 0) is 42.1 Å². The summed E-state index contributed by atoms with van der Waals surface area (Å²) >= 11 is 8.78. The van der Waals surface area contributed by atoms with Gasteiger partial charge in [0.15, 0.2) is 5.11 Å². The van der Waals surface area contributed by atoms with Crippen LogP contribution in [0.1, 0.15) is 5.56 Å². The van der Waals surface area contributed by atoms with Gasteiger partial charge in [0, 0.05) is 10.5 Å². The van der Waals surface area contributed by atoms with Crippen molar-refractivity contribution in [2.24, 2.45) is 0 Å².